The van der Waals surface area contributed by atoms with Crippen LogP contribution in [0, 0.1) is 17.8 Å². The molecule has 3 aliphatic rings. The number of aliphatic hydroxyl groups is 2. The maximum absolute atomic E-state index is 12.3. The highest BCUT2D eigenvalue weighted by atomic mass is 16.6. The fraction of sp³-hybridized carbons (Fsp3) is 0.435. The lowest BCUT2D eigenvalue weighted by molar-refractivity contribution is -0.149. The number of rotatable bonds is 6. The highest BCUT2D eigenvalue weighted by Crippen LogP contribution is 2.53. The molecule has 1 aliphatic heterocycles. The van der Waals surface area contributed by atoms with Gasteiger partial charge in [0.2, 0.25) is 0 Å². The van der Waals surface area contributed by atoms with E-state index in [4.69, 9.17) is 24.4 Å². The molecule has 31 heavy (non-hydrogen) atoms. The van der Waals surface area contributed by atoms with Gasteiger partial charge in [-0.1, -0.05) is 38.5 Å². The summed E-state index contributed by atoms with van der Waals surface area (Å²) in [6.07, 6.45) is -1.56. The summed E-state index contributed by atoms with van der Waals surface area (Å²) in [6.45, 7) is 17.9. The Morgan fingerprint density at radius 2 is 1.58 bits per heavy atom. The maximum Gasteiger partial charge on any atom is 0.336 e. The molecule has 3 rings (SSSR count). The third-order valence-electron chi connectivity index (χ3n) is 6.21. The molecule has 0 spiro atoms. The second kappa shape index (κ2) is 8.64. The molecular weight excluding hydrogens is 404 g/mol. The van der Waals surface area contributed by atoms with E-state index in [1.807, 2.05) is 0 Å². The summed E-state index contributed by atoms with van der Waals surface area (Å²) in [7, 11) is 0. The van der Waals surface area contributed by atoms with Crippen LogP contribution in [0.25, 0.3) is 0 Å². The summed E-state index contributed by atoms with van der Waals surface area (Å²) in [6, 6.07) is 0. The lowest BCUT2D eigenvalue weighted by Gasteiger charge is -2.28. The molecule has 166 valence electrons. The highest BCUT2D eigenvalue weighted by Gasteiger charge is 2.57. The van der Waals surface area contributed by atoms with Crippen molar-refractivity contribution >= 4 is 17.9 Å². The summed E-state index contributed by atoms with van der Waals surface area (Å²) < 4.78 is 16.6. The molecule has 0 bridgehead atoms. The average molecular weight is 430 g/mol. The molecule has 8 nitrogen and oxygen atoms in total. The maximum atomic E-state index is 12.3. The van der Waals surface area contributed by atoms with E-state index in [0.717, 1.165) is 5.57 Å². The molecule has 2 N–H and O–H groups in total. The number of hydrogen-bond donors (Lipinski definition) is 2. The first kappa shape index (κ1) is 22.7. The predicted octanol–water partition coefficient (Wildman–Crippen LogP) is 1.16. The molecule has 6 atom stereocenters. The summed E-state index contributed by atoms with van der Waals surface area (Å²) in [4.78, 5) is 36.7. The van der Waals surface area contributed by atoms with Crippen molar-refractivity contribution in [3.8, 4) is 0 Å². The smallest absolute Gasteiger partial charge is 0.336 e. The fourth-order valence-electron chi connectivity index (χ4n) is 4.54. The molecule has 8 heteroatoms. The first-order valence-electron chi connectivity index (χ1n) is 9.86. The van der Waals surface area contributed by atoms with Crippen LogP contribution in [0.3, 0.4) is 0 Å². The van der Waals surface area contributed by atoms with Crippen molar-refractivity contribution in [2.24, 2.45) is 17.8 Å². The van der Waals surface area contributed by atoms with Crippen LogP contribution in [0.1, 0.15) is 12.8 Å². The number of fused-ring (bicyclic) bond motifs is 3. The van der Waals surface area contributed by atoms with Crippen LogP contribution in [-0.4, -0.2) is 59.6 Å². The average Bonchev–Trinajstić information content (AvgIpc) is 3.18. The van der Waals surface area contributed by atoms with Gasteiger partial charge in [-0.25, -0.2) is 14.4 Å². The molecule has 0 aromatic rings. The van der Waals surface area contributed by atoms with Crippen LogP contribution >= 0.6 is 0 Å². The van der Waals surface area contributed by atoms with Gasteiger partial charge in [-0.15, -0.1) is 0 Å². The van der Waals surface area contributed by atoms with E-state index in [9.17, 15) is 14.4 Å². The number of hydrogen-bond acceptors (Lipinski definition) is 8. The third kappa shape index (κ3) is 4.00. The van der Waals surface area contributed by atoms with Crippen molar-refractivity contribution < 1.29 is 38.8 Å². The van der Waals surface area contributed by atoms with E-state index < -0.39 is 61.3 Å². The van der Waals surface area contributed by atoms with E-state index in [-0.39, 0.29) is 29.1 Å². The Bertz CT molecular complexity index is 897. The molecule has 2 aliphatic carbocycles. The molecule has 3 fully saturated rings. The quantitative estimate of drug-likeness (QED) is 0.279. The molecule has 1 saturated heterocycles. The van der Waals surface area contributed by atoms with Gasteiger partial charge in [0.25, 0.3) is 0 Å². The first-order valence-corrected chi connectivity index (χ1v) is 9.86. The van der Waals surface area contributed by atoms with Gasteiger partial charge >= 0.3 is 17.9 Å². The lowest BCUT2D eigenvalue weighted by Crippen LogP contribution is -2.36. The van der Waals surface area contributed by atoms with Crippen molar-refractivity contribution in [1.29, 1.82) is 0 Å². The van der Waals surface area contributed by atoms with Crippen molar-refractivity contribution in [1.82, 2.24) is 0 Å². The zero-order valence-corrected chi connectivity index (χ0v) is 17.2. The summed E-state index contributed by atoms with van der Waals surface area (Å²) in [5.41, 5.74) is 1.27. The van der Waals surface area contributed by atoms with Gasteiger partial charge in [0.05, 0.1) is 30.3 Å². The topological polar surface area (TPSA) is 119 Å². The largest absolute Gasteiger partial charge is 0.458 e. The van der Waals surface area contributed by atoms with Crippen molar-refractivity contribution in [3.05, 3.63) is 60.8 Å². The zero-order valence-electron chi connectivity index (χ0n) is 17.2. The molecule has 0 unspecified atom stereocenters. The number of esters is 3. The fourth-order valence-corrected chi connectivity index (χ4v) is 4.54. The molecular formula is C23H26O8. The van der Waals surface area contributed by atoms with Crippen molar-refractivity contribution in [2.45, 2.75) is 31.2 Å². The Hall–Kier alpha value is -2.97. The molecule has 0 amide bonds. The standard InChI is InChI=1S/C23H26O8/c1-10-6-17(30-22(27)12(3)9-25)19-14(5)23(28)31-20(19)18-13(4)16(7-15(10)18)29-21(26)11(2)8-24/h15-20,24-25H,1-9H2/t15-,16-,17-,18-,19+,20+/m0/s1. The van der Waals surface area contributed by atoms with Crippen LogP contribution < -0.4 is 0 Å². The van der Waals surface area contributed by atoms with Gasteiger partial charge in [-0.2, -0.15) is 0 Å². The van der Waals surface area contributed by atoms with E-state index >= 15 is 0 Å². The monoisotopic (exact) mass is 430 g/mol. The minimum absolute atomic E-state index is 0.0756. The Balaban J connectivity index is 1.90. The van der Waals surface area contributed by atoms with E-state index in [1.54, 1.807) is 0 Å². The van der Waals surface area contributed by atoms with Crippen LogP contribution in [-0.2, 0) is 28.6 Å². The zero-order chi connectivity index (χ0) is 23.0. The normalized spacial score (nSPS) is 31.9. The van der Waals surface area contributed by atoms with Gasteiger partial charge in [0.1, 0.15) is 18.3 Å². The van der Waals surface area contributed by atoms with Gasteiger partial charge < -0.3 is 24.4 Å². The second-order valence-electron chi connectivity index (χ2n) is 8.09. The van der Waals surface area contributed by atoms with Crippen molar-refractivity contribution in [2.75, 3.05) is 13.2 Å². The van der Waals surface area contributed by atoms with Crippen molar-refractivity contribution in [3.63, 3.8) is 0 Å². The van der Waals surface area contributed by atoms with Gasteiger partial charge in [0, 0.05) is 17.9 Å². The summed E-state index contributed by atoms with van der Waals surface area (Å²) in [5, 5.41) is 18.3. The Morgan fingerprint density at radius 1 is 1.00 bits per heavy atom. The van der Waals surface area contributed by atoms with E-state index in [2.05, 4.69) is 32.9 Å². The van der Waals surface area contributed by atoms with Gasteiger partial charge in [-0.3, -0.25) is 0 Å². The Kier molecular flexibility index (Phi) is 6.33. The molecule has 1 heterocycles. The molecule has 0 radical (unpaired) electrons. The predicted molar refractivity (Wildman–Crippen MR) is 109 cm³/mol. The Morgan fingerprint density at radius 3 is 2.16 bits per heavy atom. The van der Waals surface area contributed by atoms with Crippen LogP contribution in [0.2, 0.25) is 0 Å². The van der Waals surface area contributed by atoms with Gasteiger partial charge in [0.15, 0.2) is 0 Å². The number of carbonyl (C=O) groups excluding carboxylic acids is 3. The van der Waals surface area contributed by atoms with Crippen LogP contribution in [0.15, 0.2) is 60.8 Å². The molecule has 0 aromatic heterocycles. The van der Waals surface area contributed by atoms with Crippen LogP contribution in [0.5, 0.6) is 0 Å². The second-order valence-corrected chi connectivity index (χ2v) is 8.09. The molecule has 2 saturated carbocycles. The third-order valence-corrected chi connectivity index (χ3v) is 6.21. The highest BCUT2D eigenvalue weighted by molar-refractivity contribution is 5.92. The van der Waals surface area contributed by atoms with Gasteiger partial charge in [-0.05, 0) is 17.9 Å². The minimum atomic E-state index is -0.777. The lowest BCUT2D eigenvalue weighted by atomic mass is 9.81. The van der Waals surface area contributed by atoms with Crippen LogP contribution in [0.4, 0.5) is 0 Å². The minimum Gasteiger partial charge on any atom is -0.458 e. The van der Waals surface area contributed by atoms with E-state index in [0.29, 0.717) is 12.0 Å². The number of aliphatic hydroxyl groups excluding tert-OH is 2. The Labute approximate surface area is 180 Å². The summed E-state index contributed by atoms with van der Waals surface area (Å²) >= 11 is 0. The summed E-state index contributed by atoms with van der Waals surface area (Å²) in [5.74, 6) is -3.38. The number of ether oxygens (including phenoxy) is 3. The van der Waals surface area contributed by atoms with E-state index in [1.165, 1.54) is 0 Å². The SMILES string of the molecule is C=C(CO)C(=O)O[C@H]1C[C@H]2C(=C)C[C@H](OC(=O)C(=C)CO)[C@H]3C(=C)C(=O)O[C@@H]3[C@H]2C1=C. The number of carbonyl (C=O) groups is 3. The molecule has 0 aromatic carbocycles. The first-order chi connectivity index (χ1) is 14.6.